The number of nitrogens with zero attached hydrogens (tertiary/aromatic N) is 2. The zero-order chi connectivity index (χ0) is 13.5. The molecule has 3 rings (SSSR count). The van der Waals surface area contributed by atoms with Crippen molar-refractivity contribution in [2.75, 3.05) is 13.2 Å². The van der Waals surface area contributed by atoms with E-state index in [4.69, 9.17) is 15.0 Å². The molecule has 19 heavy (non-hydrogen) atoms. The van der Waals surface area contributed by atoms with E-state index in [1.54, 1.807) is 0 Å². The number of fused-ring (bicyclic) bond motifs is 1. The third-order valence-corrected chi connectivity index (χ3v) is 4.50. The molecule has 0 radical (unpaired) electrons. The summed E-state index contributed by atoms with van der Waals surface area (Å²) in [6, 6.07) is 0. The summed E-state index contributed by atoms with van der Waals surface area (Å²) in [7, 11) is 0. The first-order chi connectivity index (χ1) is 9.13. The van der Waals surface area contributed by atoms with Gasteiger partial charge in [-0.25, -0.2) is 0 Å². The Kier molecular flexibility index (Phi) is 3.35. The van der Waals surface area contributed by atoms with Crippen LogP contribution in [0.25, 0.3) is 0 Å². The minimum atomic E-state index is -0.669. The summed E-state index contributed by atoms with van der Waals surface area (Å²) in [5.41, 5.74) is 5.53. The van der Waals surface area contributed by atoms with Gasteiger partial charge in [-0.15, -0.1) is 0 Å². The number of hydrogen-bond donors (Lipinski definition) is 1. The maximum atomic E-state index is 6.19. The number of hydrogen-bond acceptors (Lipinski definition) is 5. The highest BCUT2D eigenvalue weighted by Gasteiger charge is 2.54. The number of aromatic nitrogens is 2. The van der Waals surface area contributed by atoms with Crippen LogP contribution in [-0.2, 0) is 10.3 Å². The predicted octanol–water partition coefficient (Wildman–Crippen LogP) is 2.18. The van der Waals surface area contributed by atoms with E-state index in [2.05, 4.69) is 10.1 Å². The summed E-state index contributed by atoms with van der Waals surface area (Å²) in [6.45, 7) is 4.90. The minimum absolute atomic E-state index is 0.417. The molecule has 0 bridgehead atoms. The van der Waals surface area contributed by atoms with Crippen molar-refractivity contribution < 1.29 is 9.26 Å². The summed E-state index contributed by atoms with van der Waals surface area (Å²) >= 11 is 0. The van der Waals surface area contributed by atoms with E-state index in [1.807, 2.05) is 13.8 Å². The van der Waals surface area contributed by atoms with Crippen LogP contribution in [0.5, 0.6) is 0 Å². The molecule has 0 saturated heterocycles. The molecule has 0 spiro atoms. The molecule has 5 nitrogen and oxygen atoms in total. The Bertz CT molecular complexity index is 432. The van der Waals surface area contributed by atoms with Crippen molar-refractivity contribution in [1.82, 2.24) is 10.1 Å². The van der Waals surface area contributed by atoms with Crippen LogP contribution in [0.15, 0.2) is 4.52 Å². The van der Waals surface area contributed by atoms with Gasteiger partial charge in [0, 0.05) is 12.5 Å². The predicted molar refractivity (Wildman–Crippen MR) is 70.5 cm³/mol. The molecule has 2 N–H and O–H groups in total. The largest absolute Gasteiger partial charge is 0.379 e. The third kappa shape index (κ3) is 2.41. The molecule has 0 aromatic carbocycles. The normalized spacial score (nSPS) is 32.7. The maximum absolute atomic E-state index is 6.19. The van der Waals surface area contributed by atoms with E-state index < -0.39 is 5.54 Å². The Morgan fingerprint density at radius 3 is 2.68 bits per heavy atom. The van der Waals surface area contributed by atoms with Crippen LogP contribution >= 0.6 is 0 Å². The van der Waals surface area contributed by atoms with Gasteiger partial charge in [-0.05, 0) is 38.5 Å². The first kappa shape index (κ1) is 13.1. The topological polar surface area (TPSA) is 74.2 Å². The molecular weight excluding hydrogens is 242 g/mol. The Balaban J connectivity index is 1.70. The highest BCUT2D eigenvalue weighted by Crippen LogP contribution is 2.60. The molecular formula is C14H23N3O2. The number of ether oxygens (including phenoxy) is 1. The Morgan fingerprint density at radius 1 is 1.37 bits per heavy atom. The molecule has 3 unspecified atom stereocenters. The quantitative estimate of drug-likeness (QED) is 0.883. The van der Waals surface area contributed by atoms with Crippen LogP contribution in [0.4, 0.5) is 0 Å². The minimum Gasteiger partial charge on any atom is -0.379 e. The van der Waals surface area contributed by atoms with E-state index in [9.17, 15) is 0 Å². The first-order valence-electron chi connectivity index (χ1n) is 7.34. The summed E-state index contributed by atoms with van der Waals surface area (Å²) in [4.78, 5) is 4.54. The van der Waals surface area contributed by atoms with Gasteiger partial charge in [0.1, 0.15) is 5.54 Å². The average Bonchev–Trinajstić information content (AvgIpc) is 2.92. The van der Waals surface area contributed by atoms with Gasteiger partial charge >= 0.3 is 0 Å². The van der Waals surface area contributed by atoms with Crippen molar-refractivity contribution in [3.63, 3.8) is 0 Å². The second kappa shape index (κ2) is 4.87. The average molecular weight is 265 g/mol. The van der Waals surface area contributed by atoms with Gasteiger partial charge in [0.15, 0.2) is 5.82 Å². The number of rotatable bonds is 5. The molecule has 5 heteroatoms. The monoisotopic (exact) mass is 265 g/mol. The molecule has 1 aromatic heterocycles. The van der Waals surface area contributed by atoms with Crippen LogP contribution in [0, 0.1) is 11.8 Å². The molecule has 3 atom stereocenters. The van der Waals surface area contributed by atoms with Crippen molar-refractivity contribution in [2.45, 2.75) is 51.0 Å². The lowest BCUT2D eigenvalue weighted by Crippen LogP contribution is -2.39. The SMILES string of the molecule is CCOCC(C)(N)c1noc(C2C3CCCCC32)n1. The smallest absolute Gasteiger partial charge is 0.230 e. The van der Waals surface area contributed by atoms with E-state index in [0.717, 1.165) is 17.7 Å². The molecule has 1 heterocycles. The summed E-state index contributed by atoms with van der Waals surface area (Å²) in [6.07, 6.45) is 5.31. The van der Waals surface area contributed by atoms with Crippen LogP contribution in [0.2, 0.25) is 0 Å². The standard InChI is InChI=1S/C14H23N3O2/c1-3-18-8-14(2,15)13-16-12(19-17-13)11-9-6-4-5-7-10(9)11/h9-11H,3-8,15H2,1-2H3. The van der Waals surface area contributed by atoms with E-state index in [0.29, 0.717) is 25.0 Å². The van der Waals surface area contributed by atoms with Gasteiger partial charge in [0.05, 0.1) is 6.61 Å². The molecule has 106 valence electrons. The van der Waals surface area contributed by atoms with Crippen LogP contribution in [0.3, 0.4) is 0 Å². The van der Waals surface area contributed by atoms with Gasteiger partial charge in [-0.3, -0.25) is 0 Å². The second-order valence-electron chi connectivity index (χ2n) is 6.15. The van der Waals surface area contributed by atoms with Crippen LogP contribution in [0.1, 0.15) is 57.2 Å². The second-order valence-corrected chi connectivity index (χ2v) is 6.15. The van der Waals surface area contributed by atoms with Gasteiger partial charge in [-0.2, -0.15) is 4.98 Å². The van der Waals surface area contributed by atoms with Crippen LogP contribution < -0.4 is 5.73 Å². The maximum Gasteiger partial charge on any atom is 0.230 e. The Morgan fingerprint density at radius 2 is 2.05 bits per heavy atom. The van der Waals surface area contributed by atoms with Crippen molar-refractivity contribution in [1.29, 1.82) is 0 Å². The van der Waals surface area contributed by atoms with E-state index >= 15 is 0 Å². The third-order valence-electron chi connectivity index (χ3n) is 4.50. The van der Waals surface area contributed by atoms with E-state index in [1.165, 1.54) is 25.7 Å². The fourth-order valence-electron chi connectivity index (χ4n) is 3.34. The molecule has 2 fully saturated rings. The van der Waals surface area contributed by atoms with Crippen molar-refractivity contribution in [3.8, 4) is 0 Å². The van der Waals surface area contributed by atoms with Gasteiger partial charge < -0.3 is 15.0 Å². The lowest BCUT2D eigenvalue weighted by Gasteiger charge is -2.19. The molecule has 2 aliphatic carbocycles. The Hall–Kier alpha value is -0.940. The molecule has 2 saturated carbocycles. The van der Waals surface area contributed by atoms with Crippen molar-refractivity contribution >= 4 is 0 Å². The van der Waals surface area contributed by atoms with Gasteiger partial charge in [0.25, 0.3) is 0 Å². The van der Waals surface area contributed by atoms with E-state index in [-0.39, 0.29) is 0 Å². The van der Waals surface area contributed by atoms with Crippen molar-refractivity contribution in [2.24, 2.45) is 17.6 Å². The highest BCUT2D eigenvalue weighted by molar-refractivity contribution is 5.16. The van der Waals surface area contributed by atoms with Crippen LogP contribution in [-0.4, -0.2) is 23.4 Å². The van der Waals surface area contributed by atoms with Gasteiger partial charge in [-0.1, -0.05) is 18.0 Å². The Labute approximate surface area is 113 Å². The lowest BCUT2D eigenvalue weighted by atomic mass is 10.0. The zero-order valence-electron chi connectivity index (χ0n) is 11.8. The summed E-state index contributed by atoms with van der Waals surface area (Å²) < 4.78 is 10.8. The summed E-state index contributed by atoms with van der Waals surface area (Å²) in [5.74, 6) is 3.40. The zero-order valence-corrected chi connectivity index (χ0v) is 11.8. The molecule has 0 amide bonds. The molecule has 2 aliphatic rings. The molecule has 0 aliphatic heterocycles. The molecule has 1 aromatic rings. The highest BCUT2D eigenvalue weighted by atomic mass is 16.5. The fourth-order valence-corrected chi connectivity index (χ4v) is 3.34. The summed E-state index contributed by atoms with van der Waals surface area (Å²) in [5, 5.41) is 4.07. The lowest BCUT2D eigenvalue weighted by molar-refractivity contribution is 0.0962. The fraction of sp³-hybridized carbons (Fsp3) is 0.857. The number of nitrogens with two attached hydrogens (primary N) is 1. The first-order valence-corrected chi connectivity index (χ1v) is 7.34. The van der Waals surface area contributed by atoms with Gasteiger partial charge in [0.2, 0.25) is 5.89 Å². The van der Waals surface area contributed by atoms with Crippen molar-refractivity contribution in [3.05, 3.63) is 11.7 Å².